The number of methoxy groups -OCH3 is 1. The second kappa shape index (κ2) is 4.37. The summed E-state index contributed by atoms with van der Waals surface area (Å²) >= 11 is 0. The quantitative estimate of drug-likeness (QED) is 0.811. The van der Waals surface area contributed by atoms with Gasteiger partial charge < -0.3 is 9.47 Å². The maximum atomic E-state index is 5.41. The van der Waals surface area contributed by atoms with Gasteiger partial charge in [0, 0.05) is 19.6 Å². The third-order valence-electron chi connectivity index (χ3n) is 3.29. The largest absolute Gasteiger partial charge is 0.482 e. The molecule has 0 aromatic carbocycles. The van der Waals surface area contributed by atoms with Crippen LogP contribution in [0, 0.1) is 5.92 Å². The Labute approximate surface area is 100 Å². The fourth-order valence-electron chi connectivity index (χ4n) is 2.39. The lowest BCUT2D eigenvalue weighted by atomic mass is 10.1. The van der Waals surface area contributed by atoms with Crippen LogP contribution in [0.3, 0.4) is 0 Å². The van der Waals surface area contributed by atoms with Crippen LogP contribution in [0.25, 0.3) is 5.52 Å². The summed E-state index contributed by atoms with van der Waals surface area (Å²) in [6.45, 7) is 1.73. The van der Waals surface area contributed by atoms with Crippen LogP contribution in [0.5, 0.6) is 5.88 Å². The molecule has 1 atom stereocenters. The van der Waals surface area contributed by atoms with Crippen molar-refractivity contribution in [3.05, 3.63) is 30.2 Å². The van der Waals surface area contributed by atoms with E-state index in [0.29, 0.717) is 5.92 Å². The van der Waals surface area contributed by atoms with Gasteiger partial charge >= 0.3 is 0 Å². The van der Waals surface area contributed by atoms with Gasteiger partial charge in [0.2, 0.25) is 0 Å². The van der Waals surface area contributed by atoms with E-state index in [1.165, 1.54) is 0 Å². The van der Waals surface area contributed by atoms with Crippen LogP contribution in [0.1, 0.15) is 12.2 Å². The molecular formula is C13H16N2O2. The Morgan fingerprint density at radius 1 is 1.53 bits per heavy atom. The lowest BCUT2D eigenvalue weighted by Gasteiger charge is -2.09. The van der Waals surface area contributed by atoms with Crippen LogP contribution in [-0.4, -0.2) is 29.7 Å². The van der Waals surface area contributed by atoms with Crippen LogP contribution in [-0.2, 0) is 11.2 Å². The topological polar surface area (TPSA) is 35.8 Å². The smallest absolute Gasteiger partial charge is 0.199 e. The van der Waals surface area contributed by atoms with Gasteiger partial charge in [0.25, 0.3) is 0 Å². The van der Waals surface area contributed by atoms with Crippen molar-refractivity contribution in [3.63, 3.8) is 0 Å². The highest BCUT2D eigenvalue weighted by atomic mass is 16.5. The van der Waals surface area contributed by atoms with Crippen molar-refractivity contribution in [3.8, 4) is 5.88 Å². The maximum Gasteiger partial charge on any atom is 0.199 e. The minimum absolute atomic E-state index is 0.588. The van der Waals surface area contributed by atoms with Gasteiger partial charge in [-0.05, 0) is 24.5 Å². The number of hydrogen-bond donors (Lipinski definition) is 0. The summed E-state index contributed by atoms with van der Waals surface area (Å²) < 4.78 is 12.9. The molecule has 3 heterocycles. The van der Waals surface area contributed by atoms with Gasteiger partial charge in [-0.2, -0.15) is 0 Å². The number of ether oxygens (including phenoxy) is 2. The number of imidazole rings is 1. The minimum atomic E-state index is 0.588. The van der Waals surface area contributed by atoms with Gasteiger partial charge in [0.1, 0.15) is 5.82 Å². The average Bonchev–Trinajstić information content (AvgIpc) is 2.99. The van der Waals surface area contributed by atoms with E-state index in [1.807, 2.05) is 24.4 Å². The maximum absolute atomic E-state index is 5.41. The summed E-state index contributed by atoms with van der Waals surface area (Å²) in [5, 5.41) is 0. The molecule has 1 aliphatic rings. The molecule has 90 valence electrons. The summed E-state index contributed by atoms with van der Waals surface area (Å²) in [7, 11) is 1.69. The molecule has 1 aliphatic heterocycles. The zero-order chi connectivity index (χ0) is 11.7. The molecule has 0 spiro atoms. The predicted octanol–water partition coefficient (Wildman–Crippen LogP) is 1.92. The Bertz CT molecular complexity index is 515. The highest BCUT2D eigenvalue weighted by molar-refractivity contribution is 5.49. The van der Waals surface area contributed by atoms with Crippen molar-refractivity contribution in [2.45, 2.75) is 12.8 Å². The minimum Gasteiger partial charge on any atom is -0.482 e. The highest BCUT2D eigenvalue weighted by Crippen LogP contribution is 2.22. The molecule has 4 heteroatoms. The molecule has 0 amide bonds. The number of hydrogen-bond acceptors (Lipinski definition) is 3. The van der Waals surface area contributed by atoms with Crippen LogP contribution < -0.4 is 4.74 Å². The second-order valence-corrected chi connectivity index (χ2v) is 4.44. The molecule has 1 fully saturated rings. The molecule has 2 aromatic heterocycles. The molecule has 2 aromatic rings. The summed E-state index contributed by atoms with van der Waals surface area (Å²) in [4.78, 5) is 4.49. The molecule has 3 rings (SSSR count). The summed E-state index contributed by atoms with van der Waals surface area (Å²) in [5.41, 5.74) is 1.08. The van der Waals surface area contributed by atoms with Gasteiger partial charge in [-0.25, -0.2) is 4.98 Å². The molecule has 0 saturated carbocycles. The third-order valence-corrected chi connectivity index (χ3v) is 3.29. The Hall–Kier alpha value is -1.55. The summed E-state index contributed by atoms with van der Waals surface area (Å²) in [6, 6.07) is 5.99. The number of pyridine rings is 1. The van der Waals surface area contributed by atoms with Crippen molar-refractivity contribution >= 4 is 5.52 Å². The molecule has 1 saturated heterocycles. The Balaban J connectivity index is 1.98. The molecule has 0 radical (unpaired) electrons. The second-order valence-electron chi connectivity index (χ2n) is 4.44. The molecule has 1 unspecified atom stereocenters. The van der Waals surface area contributed by atoms with E-state index in [4.69, 9.17) is 9.47 Å². The van der Waals surface area contributed by atoms with Crippen molar-refractivity contribution in [1.82, 2.24) is 9.38 Å². The first-order valence-corrected chi connectivity index (χ1v) is 5.95. The van der Waals surface area contributed by atoms with Crippen LogP contribution in [0.2, 0.25) is 0 Å². The summed E-state index contributed by atoms with van der Waals surface area (Å²) in [5.74, 6) is 2.49. The molecule has 17 heavy (non-hydrogen) atoms. The standard InChI is InChI=1S/C13H16N2O2/c1-16-13-4-2-3-11-8-14-12(15(11)13)7-10-5-6-17-9-10/h2-4,8,10H,5-7,9H2,1H3. The van der Waals surface area contributed by atoms with Gasteiger partial charge in [-0.1, -0.05) is 6.07 Å². The van der Waals surface area contributed by atoms with Gasteiger partial charge in [0.05, 0.1) is 18.8 Å². The molecule has 0 aliphatic carbocycles. The van der Waals surface area contributed by atoms with Crippen molar-refractivity contribution in [2.75, 3.05) is 20.3 Å². The average molecular weight is 232 g/mol. The van der Waals surface area contributed by atoms with Crippen molar-refractivity contribution < 1.29 is 9.47 Å². The van der Waals surface area contributed by atoms with E-state index in [-0.39, 0.29) is 0 Å². The lowest BCUT2D eigenvalue weighted by molar-refractivity contribution is 0.185. The number of aromatic nitrogens is 2. The Morgan fingerprint density at radius 3 is 3.24 bits per heavy atom. The zero-order valence-electron chi connectivity index (χ0n) is 9.93. The number of fused-ring (bicyclic) bond motifs is 1. The first-order valence-electron chi connectivity index (χ1n) is 5.95. The van der Waals surface area contributed by atoms with Gasteiger partial charge in [0.15, 0.2) is 5.88 Å². The molecule has 0 N–H and O–H groups in total. The van der Waals surface area contributed by atoms with Crippen LogP contribution in [0.15, 0.2) is 24.4 Å². The predicted molar refractivity (Wildman–Crippen MR) is 64.4 cm³/mol. The Morgan fingerprint density at radius 2 is 2.47 bits per heavy atom. The van der Waals surface area contributed by atoms with E-state index in [2.05, 4.69) is 9.38 Å². The van der Waals surface area contributed by atoms with Crippen LogP contribution >= 0.6 is 0 Å². The number of nitrogens with zero attached hydrogens (tertiary/aromatic N) is 2. The fourth-order valence-corrected chi connectivity index (χ4v) is 2.39. The first-order chi connectivity index (χ1) is 8.38. The zero-order valence-corrected chi connectivity index (χ0v) is 9.93. The van der Waals surface area contributed by atoms with Gasteiger partial charge in [-0.3, -0.25) is 4.40 Å². The fraction of sp³-hybridized carbons (Fsp3) is 0.462. The first kappa shape index (κ1) is 10.6. The third kappa shape index (κ3) is 1.89. The molecule has 4 nitrogen and oxygen atoms in total. The molecular weight excluding hydrogens is 216 g/mol. The normalized spacial score (nSPS) is 19.9. The Kier molecular flexibility index (Phi) is 2.73. The monoisotopic (exact) mass is 232 g/mol. The van der Waals surface area contributed by atoms with Crippen LogP contribution in [0.4, 0.5) is 0 Å². The SMILES string of the molecule is COc1cccc2cnc(CC3CCOC3)n12. The lowest BCUT2D eigenvalue weighted by Crippen LogP contribution is -2.08. The van der Waals surface area contributed by atoms with E-state index in [1.54, 1.807) is 7.11 Å². The van der Waals surface area contributed by atoms with E-state index in [9.17, 15) is 0 Å². The van der Waals surface area contributed by atoms with E-state index >= 15 is 0 Å². The van der Waals surface area contributed by atoms with Crippen molar-refractivity contribution in [2.24, 2.45) is 5.92 Å². The van der Waals surface area contributed by atoms with E-state index < -0.39 is 0 Å². The number of rotatable bonds is 3. The highest BCUT2D eigenvalue weighted by Gasteiger charge is 2.19. The molecule has 0 bridgehead atoms. The van der Waals surface area contributed by atoms with Gasteiger partial charge in [-0.15, -0.1) is 0 Å². The summed E-state index contributed by atoms with van der Waals surface area (Å²) in [6.07, 6.45) is 3.98. The van der Waals surface area contributed by atoms with Crippen molar-refractivity contribution in [1.29, 1.82) is 0 Å². The van der Waals surface area contributed by atoms with E-state index in [0.717, 1.165) is 43.3 Å².